The van der Waals surface area contributed by atoms with Crippen molar-refractivity contribution in [3.8, 4) is 34.0 Å². The molecule has 3 aromatic heterocycles. The summed E-state index contributed by atoms with van der Waals surface area (Å²) < 4.78 is 11.2. The summed E-state index contributed by atoms with van der Waals surface area (Å²) in [6.07, 6.45) is 4.51. The summed E-state index contributed by atoms with van der Waals surface area (Å²) in [6, 6.07) is 12.8. The van der Waals surface area contributed by atoms with Crippen molar-refractivity contribution < 1.29 is 9.47 Å². The lowest BCUT2D eigenvalue weighted by Crippen LogP contribution is -2.50. The molecule has 1 atom stereocenters. The highest BCUT2D eigenvalue weighted by Gasteiger charge is 2.31. The molecule has 2 fully saturated rings. The summed E-state index contributed by atoms with van der Waals surface area (Å²) in [6.45, 7) is 6.48. The molecule has 2 saturated heterocycles. The fourth-order valence-corrected chi connectivity index (χ4v) is 5.48. The van der Waals surface area contributed by atoms with Crippen LogP contribution in [-0.4, -0.2) is 71.5 Å². The number of H-pyrrole nitrogens is 1. The number of pyridine rings is 2. The number of fused-ring (bicyclic) bond motifs is 2. The van der Waals surface area contributed by atoms with Crippen molar-refractivity contribution in [3.05, 3.63) is 48.2 Å². The van der Waals surface area contributed by atoms with Gasteiger partial charge in [0.05, 0.1) is 19.7 Å². The minimum absolute atomic E-state index is 0.665. The average Bonchev–Trinajstić information content (AvgIpc) is 3.54. The van der Waals surface area contributed by atoms with E-state index in [1.807, 2.05) is 37.4 Å². The van der Waals surface area contributed by atoms with Crippen LogP contribution < -0.4 is 14.4 Å². The topological polar surface area (TPSA) is 79.4 Å². The van der Waals surface area contributed by atoms with Crippen LogP contribution in [0.1, 0.15) is 18.4 Å². The number of aromatic amines is 1. The molecule has 6 rings (SSSR count). The van der Waals surface area contributed by atoms with Gasteiger partial charge in [0.15, 0.2) is 0 Å². The van der Waals surface area contributed by atoms with Crippen molar-refractivity contribution >= 4 is 16.9 Å². The van der Waals surface area contributed by atoms with Gasteiger partial charge in [0, 0.05) is 54.6 Å². The number of ether oxygens (including phenoxy) is 2. The number of rotatable bonds is 5. The van der Waals surface area contributed by atoms with Crippen LogP contribution >= 0.6 is 0 Å². The second-order valence-corrected chi connectivity index (χ2v) is 9.32. The first-order chi connectivity index (χ1) is 17.2. The molecule has 2 aliphatic heterocycles. The van der Waals surface area contributed by atoms with Crippen molar-refractivity contribution in [3.63, 3.8) is 0 Å². The van der Waals surface area contributed by atoms with E-state index in [4.69, 9.17) is 19.4 Å². The maximum atomic E-state index is 5.69. The summed E-state index contributed by atoms with van der Waals surface area (Å²) in [5.74, 6) is 2.53. The minimum atomic E-state index is 0.665. The molecular formula is C27H30N6O2. The zero-order valence-electron chi connectivity index (χ0n) is 20.4. The lowest BCUT2D eigenvalue weighted by molar-refractivity contribution is 0.230. The number of methoxy groups -OCH3 is 2. The molecule has 35 heavy (non-hydrogen) atoms. The van der Waals surface area contributed by atoms with E-state index in [2.05, 4.69) is 32.1 Å². The third kappa shape index (κ3) is 3.78. The fourth-order valence-electron chi connectivity index (χ4n) is 5.48. The Morgan fingerprint density at radius 1 is 1.00 bits per heavy atom. The normalized spacial score (nSPS) is 18.1. The van der Waals surface area contributed by atoms with Crippen LogP contribution in [0.4, 0.5) is 5.82 Å². The van der Waals surface area contributed by atoms with E-state index in [1.165, 1.54) is 19.4 Å². The summed E-state index contributed by atoms with van der Waals surface area (Å²) in [5.41, 5.74) is 6.07. The van der Waals surface area contributed by atoms with Crippen LogP contribution in [0.2, 0.25) is 0 Å². The van der Waals surface area contributed by atoms with E-state index >= 15 is 0 Å². The van der Waals surface area contributed by atoms with Gasteiger partial charge < -0.3 is 14.4 Å². The molecule has 8 nitrogen and oxygen atoms in total. The third-order valence-corrected chi connectivity index (χ3v) is 7.41. The lowest BCUT2D eigenvalue weighted by Gasteiger charge is -2.38. The van der Waals surface area contributed by atoms with Gasteiger partial charge in [0.2, 0.25) is 0 Å². The van der Waals surface area contributed by atoms with Crippen LogP contribution in [0.5, 0.6) is 11.5 Å². The van der Waals surface area contributed by atoms with Gasteiger partial charge >= 0.3 is 0 Å². The Morgan fingerprint density at radius 3 is 2.69 bits per heavy atom. The van der Waals surface area contributed by atoms with Crippen molar-refractivity contribution in [2.24, 2.45) is 0 Å². The second kappa shape index (κ2) is 8.85. The molecule has 1 aromatic carbocycles. The summed E-state index contributed by atoms with van der Waals surface area (Å²) >= 11 is 0. The molecule has 0 spiro atoms. The first-order valence-electron chi connectivity index (χ1n) is 12.2. The predicted octanol–water partition coefficient (Wildman–Crippen LogP) is 4.30. The number of benzene rings is 1. The molecule has 2 aliphatic rings. The maximum absolute atomic E-state index is 5.69. The number of nitrogens with one attached hydrogen (secondary N) is 1. The van der Waals surface area contributed by atoms with Crippen LogP contribution in [0.3, 0.4) is 0 Å². The first-order valence-corrected chi connectivity index (χ1v) is 12.2. The Morgan fingerprint density at radius 2 is 1.89 bits per heavy atom. The highest BCUT2D eigenvalue weighted by atomic mass is 16.5. The lowest BCUT2D eigenvalue weighted by atomic mass is 10.0. The van der Waals surface area contributed by atoms with E-state index in [1.54, 1.807) is 14.2 Å². The Balaban J connectivity index is 1.35. The number of hydrogen-bond donors (Lipinski definition) is 1. The van der Waals surface area contributed by atoms with Crippen LogP contribution in [0.15, 0.2) is 42.6 Å². The van der Waals surface area contributed by atoms with Crippen molar-refractivity contribution in [1.29, 1.82) is 0 Å². The third-order valence-electron chi connectivity index (χ3n) is 7.41. The highest BCUT2D eigenvalue weighted by Crippen LogP contribution is 2.38. The fraction of sp³-hybridized carbons (Fsp3) is 0.370. The number of anilines is 1. The minimum Gasteiger partial charge on any atom is -0.496 e. The molecule has 0 bridgehead atoms. The van der Waals surface area contributed by atoms with Gasteiger partial charge in [-0.1, -0.05) is 12.1 Å². The van der Waals surface area contributed by atoms with Gasteiger partial charge in [-0.2, -0.15) is 5.10 Å². The van der Waals surface area contributed by atoms with Gasteiger partial charge in [-0.25, -0.2) is 9.97 Å². The summed E-state index contributed by atoms with van der Waals surface area (Å²) in [7, 11) is 3.34. The molecule has 1 unspecified atom stereocenters. The Kier molecular flexibility index (Phi) is 5.53. The predicted molar refractivity (Wildman–Crippen MR) is 137 cm³/mol. The van der Waals surface area contributed by atoms with E-state index in [-0.39, 0.29) is 0 Å². The zero-order chi connectivity index (χ0) is 23.9. The average molecular weight is 471 g/mol. The molecule has 1 N–H and O–H groups in total. The van der Waals surface area contributed by atoms with Crippen molar-refractivity contribution in [2.75, 3.05) is 45.3 Å². The molecule has 0 radical (unpaired) electrons. The monoisotopic (exact) mass is 470 g/mol. The van der Waals surface area contributed by atoms with Gasteiger partial charge in [-0.05, 0) is 44.5 Å². The standard InChI is InChI=1S/C27H30N6O2/c1-17-20(7-4-8-22(17)34-2)26-23(35-3)14-21-27(29-26)25(31-30-21)18-9-10-24(28-15-18)33-13-12-32-11-5-6-19(32)16-33/h4,7-10,14-15,19H,5-6,11-13,16H2,1-3H3,(H,30,31). The van der Waals surface area contributed by atoms with Crippen LogP contribution in [0, 0.1) is 6.92 Å². The molecule has 0 saturated carbocycles. The van der Waals surface area contributed by atoms with E-state index in [0.29, 0.717) is 11.8 Å². The van der Waals surface area contributed by atoms with Crippen molar-refractivity contribution in [2.45, 2.75) is 25.8 Å². The first kappa shape index (κ1) is 21.9. The quantitative estimate of drug-likeness (QED) is 0.466. The Bertz CT molecular complexity index is 1370. The largest absolute Gasteiger partial charge is 0.496 e. The zero-order valence-corrected chi connectivity index (χ0v) is 20.4. The highest BCUT2D eigenvalue weighted by molar-refractivity contribution is 5.93. The maximum Gasteiger partial charge on any atom is 0.147 e. The molecular weight excluding hydrogens is 440 g/mol. The molecule has 5 heterocycles. The number of nitrogens with zero attached hydrogens (tertiary/aromatic N) is 5. The van der Waals surface area contributed by atoms with Crippen molar-refractivity contribution in [1.82, 2.24) is 25.1 Å². The van der Waals surface area contributed by atoms with Gasteiger partial charge in [0.25, 0.3) is 0 Å². The van der Waals surface area contributed by atoms with Gasteiger partial charge in [0.1, 0.15) is 34.2 Å². The Labute approximate surface area is 204 Å². The smallest absolute Gasteiger partial charge is 0.147 e. The van der Waals surface area contributed by atoms with Crippen LogP contribution in [-0.2, 0) is 0 Å². The summed E-state index contributed by atoms with van der Waals surface area (Å²) in [5, 5.41) is 7.71. The molecule has 4 aromatic rings. The van der Waals surface area contributed by atoms with E-state index < -0.39 is 0 Å². The number of aromatic nitrogens is 4. The molecule has 0 aliphatic carbocycles. The van der Waals surface area contributed by atoms with Crippen LogP contribution in [0.25, 0.3) is 33.5 Å². The number of hydrogen-bond acceptors (Lipinski definition) is 7. The second-order valence-electron chi connectivity index (χ2n) is 9.32. The van der Waals surface area contributed by atoms with Gasteiger partial charge in [-0.15, -0.1) is 0 Å². The van der Waals surface area contributed by atoms with E-state index in [0.717, 1.165) is 70.3 Å². The molecule has 0 amide bonds. The molecule has 180 valence electrons. The SMILES string of the molecule is COc1cc2[nH]nc(-c3ccc(N4CCN5CCCC5C4)nc3)c2nc1-c1cccc(OC)c1C. The van der Waals surface area contributed by atoms with Gasteiger partial charge in [-0.3, -0.25) is 10.00 Å². The number of piperazine rings is 1. The van der Waals surface area contributed by atoms with E-state index in [9.17, 15) is 0 Å². The Hall–Kier alpha value is -3.65. The molecule has 8 heteroatoms. The summed E-state index contributed by atoms with van der Waals surface area (Å²) in [4.78, 5) is 14.9.